The lowest BCUT2D eigenvalue weighted by molar-refractivity contribution is 0.147. The van der Waals surface area contributed by atoms with Gasteiger partial charge in [-0.05, 0) is 24.2 Å². The third-order valence-electron chi connectivity index (χ3n) is 2.38. The predicted molar refractivity (Wildman–Crippen MR) is 60.9 cm³/mol. The van der Waals surface area contributed by atoms with Gasteiger partial charge in [0.15, 0.2) is 0 Å². The molecule has 1 aromatic carbocycles. The highest BCUT2D eigenvalue weighted by molar-refractivity contribution is 5.26. The fraction of sp³-hybridized carbons (Fsp3) is 0.500. The van der Waals surface area contributed by atoms with Gasteiger partial charge >= 0.3 is 0 Å². The molecule has 0 fully saturated rings. The number of phenols is 1. The van der Waals surface area contributed by atoms with Crippen LogP contribution in [0, 0.1) is 0 Å². The molecule has 0 radical (unpaired) electrons. The first-order chi connectivity index (χ1) is 7.26. The molecule has 1 N–H and O–H groups in total. The van der Waals surface area contributed by atoms with Crippen LogP contribution in [0.3, 0.4) is 0 Å². The Bertz CT molecular complexity index is 289. The largest absolute Gasteiger partial charge is 0.508 e. The summed E-state index contributed by atoms with van der Waals surface area (Å²) in [5, 5.41) is 9.33. The molecular formula is C12H19NO2. The highest BCUT2D eigenvalue weighted by Gasteiger charge is 2.03. The van der Waals surface area contributed by atoms with Gasteiger partial charge in [0.2, 0.25) is 0 Å². The quantitative estimate of drug-likeness (QED) is 0.776. The minimum Gasteiger partial charge on any atom is -0.508 e. The summed E-state index contributed by atoms with van der Waals surface area (Å²) < 4.78 is 5.04. The molecule has 0 aliphatic carbocycles. The number of nitrogens with zero attached hydrogens (tertiary/aromatic N) is 1. The molecule has 15 heavy (non-hydrogen) atoms. The van der Waals surface area contributed by atoms with Gasteiger partial charge < -0.3 is 9.84 Å². The van der Waals surface area contributed by atoms with E-state index in [1.807, 2.05) is 12.1 Å². The van der Waals surface area contributed by atoms with E-state index >= 15 is 0 Å². The Morgan fingerprint density at radius 2 is 2.20 bits per heavy atom. The van der Waals surface area contributed by atoms with Crippen LogP contribution in [0.5, 0.6) is 5.75 Å². The molecule has 0 saturated carbocycles. The molecule has 0 bridgehead atoms. The van der Waals surface area contributed by atoms with Crippen molar-refractivity contribution >= 4 is 0 Å². The van der Waals surface area contributed by atoms with E-state index in [1.165, 1.54) is 0 Å². The van der Waals surface area contributed by atoms with Gasteiger partial charge in [-0.1, -0.05) is 19.1 Å². The Hall–Kier alpha value is -1.06. The number of hydrogen-bond donors (Lipinski definition) is 1. The number of hydrogen-bond acceptors (Lipinski definition) is 3. The Kier molecular flexibility index (Phi) is 5.15. The van der Waals surface area contributed by atoms with Crippen LogP contribution in [-0.2, 0) is 11.3 Å². The summed E-state index contributed by atoms with van der Waals surface area (Å²) in [7, 11) is 1.71. The number of benzene rings is 1. The smallest absolute Gasteiger partial charge is 0.115 e. The number of rotatable bonds is 6. The Morgan fingerprint density at radius 3 is 2.80 bits per heavy atom. The van der Waals surface area contributed by atoms with Gasteiger partial charge in [-0.2, -0.15) is 0 Å². The maximum absolute atomic E-state index is 9.33. The minimum absolute atomic E-state index is 0.329. The average Bonchev–Trinajstić information content (AvgIpc) is 2.24. The topological polar surface area (TPSA) is 32.7 Å². The van der Waals surface area contributed by atoms with E-state index in [9.17, 15) is 5.11 Å². The molecule has 3 heteroatoms. The monoisotopic (exact) mass is 209 g/mol. The molecular weight excluding hydrogens is 190 g/mol. The molecule has 0 unspecified atom stereocenters. The molecule has 0 aliphatic heterocycles. The molecule has 0 heterocycles. The van der Waals surface area contributed by atoms with Crippen molar-refractivity contribution in [2.45, 2.75) is 13.5 Å². The van der Waals surface area contributed by atoms with E-state index in [0.29, 0.717) is 5.75 Å². The van der Waals surface area contributed by atoms with Crippen molar-refractivity contribution in [1.82, 2.24) is 4.90 Å². The Morgan fingerprint density at radius 1 is 1.40 bits per heavy atom. The Labute approximate surface area is 91.3 Å². The lowest BCUT2D eigenvalue weighted by atomic mass is 10.2. The van der Waals surface area contributed by atoms with E-state index in [1.54, 1.807) is 19.2 Å². The second-order valence-corrected chi connectivity index (χ2v) is 3.53. The van der Waals surface area contributed by atoms with Crippen LogP contribution in [0.4, 0.5) is 0 Å². The maximum Gasteiger partial charge on any atom is 0.115 e. The van der Waals surface area contributed by atoms with Gasteiger partial charge in [-0.15, -0.1) is 0 Å². The molecule has 84 valence electrons. The third-order valence-corrected chi connectivity index (χ3v) is 2.38. The third kappa shape index (κ3) is 4.32. The predicted octanol–water partition coefficient (Wildman–Crippen LogP) is 1.86. The molecule has 3 nitrogen and oxygen atoms in total. The summed E-state index contributed by atoms with van der Waals surface area (Å²) >= 11 is 0. The lowest BCUT2D eigenvalue weighted by Gasteiger charge is -2.19. The first-order valence-corrected chi connectivity index (χ1v) is 5.25. The van der Waals surface area contributed by atoms with E-state index in [-0.39, 0.29) is 0 Å². The SMILES string of the molecule is CCN(CCOC)Cc1cccc(O)c1. The normalized spacial score (nSPS) is 10.9. The fourth-order valence-electron chi connectivity index (χ4n) is 1.48. The van der Waals surface area contributed by atoms with Crippen molar-refractivity contribution < 1.29 is 9.84 Å². The fourth-order valence-corrected chi connectivity index (χ4v) is 1.48. The van der Waals surface area contributed by atoms with Crippen LogP contribution in [-0.4, -0.2) is 36.8 Å². The second-order valence-electron chi connectivity index (χ2n) is 3.53. The number of phenolic OH excluding ortho intramolecular Hbond substituents is 1. The van der Waals surface area contributed by atoms with Crippen molar-refractivity contribution in [2.75, 3.05) is 26.8 Å². The van der Waals surface area contributed by atoms with Crippen LogP contribution < -0.4 is 0 Å². The van der Waals surface area contributed by atoms with Crippen LogP contribution in [0.15, 0.2) is 24.3 Å². The molecule has 1 aromatic rings. The zero-order chi connectivity index (χ0) is 11.1. The van der Waals surface area contributed by atoms with Crippen molar-refractivity contribution in [3.05, 3.63) is 29.8 Å². The summed E-state index contributed by atoms with van der Waals surface area (Å²) in [6.07, 6.45) is 0. The zero-order valence-corrected chi connectivity index (χ0v) is 9.44. The van der Waals surface area contributed by atoms with Gasteiger partial charge in [0.05, 0.1) is 6.61 Å². The summed E-state index contributed by atoms with van der Waals surface area (Å²) in [5.41, 5.74) is 1.13. The van der Waals surface area contributed by atoms with Gasteiger partial charge in [-0.25, -0.2) is 0 Å². The first-order valence-electron chi connectivity index (χ1n) is 5.25. The van der Waals surface area contributed by atoms with Crippen LogP contribution in [0.1, 0.15) is 12.5 Å². The van der Waals surface area contributed by atoms with E-state index < -0.39 is 0 Å². The van der Waals surface area contributed by atoms with Gasteiger partial charge in [0, 0.05) is 20.2 Å². The van der Waals surface area contributed by atoms with Crippen LogP contribution >= 0.6 is 0 Å². The van der Waals surface area contributed by atoms with Crippen molar-refractivity contribution in [3.8, 4) is 5.75 Å². The van der Waals surface area contributed by atoms with Gasteiger partial charge in [0.25, 0.3) is 0 Å². The minimum atomic E-state index is 0.329. The molecule has 0 saturated heterocycles. The number of methoxy groups -OCH3 is 1. The van der Waals surface area contributed by atoms with Gasteiger partial charge in [0.1, 0.15) is 5.75 Å². The summed E-state index contributed by atoms with van der Waals surface area (Å²) in [4.78, 5) is 2.28. The summed E-state index contributed by atoms with van der Waals surface area (Å²) in [6.45, 7) is 5.63. The van der Waals surface area contributed by atoms with Crippen molar-refractivity contribution in [3.63, 3.8) is 0 Å². The molecule has 0 aromatic heterocycles. The highest BCUT2D eigenvalue weighted by atomic mass is 16.5. The Balaban J connectivity index is 2.50. The number of likely N-dealkylation sites (N-methyl/N-ethyl adjacent to an activating group) is 1. The van der Waals surface area contributed by atoms with Crippen molar-refractivity contribution in [2.24, 2.45) is 0 Å². The molecule has 0 amide bonds. The molecule has 0 spiro atoms. The van der Waals surface area contributed by atoms with Crippen molar-refractivity contribution in [1.29, 1.82) is 0 Å². The molecule has 0 aliphatic rings. The maximum atomic E-state index is 9.33. The van der Waals surface area contributed by atoms with Gasteiger partial charge in [-0.3, -0.25) is 4.90 Å². The van der Waals surface area contributed by atoms with E-state index in [0.717, 1.165) is 31.8 Å². The van der Waals surface area contributed by atoms with Crippen LogP contribution in [0.25, 0.3) is 0 Å². The number of aromatic hydroxyl groups is 1. The number of ether oxygens (including phenoxy) is 1. The zero-order valence-electron chi connectivity index (χ0n) is 9.44. The summed E-state index contributed by atoms with van der Waals surface area (Å²) in [5.74, 6) is 0.329. The first kappa shape index (κ1) is 12.0. The molecule has 1 rings (SSSR count). The standard InChI is InChI=1S/C12H19NO2/c1-3-13(7-8-15-2)10-11-5-4-6-12(14)9-11/h4-6,9,14H,3,7-8,10H2,1-2H3. The highest BCUT2D eigenvalue weighted by Crippen LogP contribution is 2.12. The molecule has 0 atom stereocenters. The summed E-state index contributed by atoms with van der Waals surface area (Å²) in [6, 6.07) is 7.38. The lowest BCUT2D eigenvalue weighted by Crippen LogP contribution is -2.26. The van der Waals surface area contributed by atoms with E-state index in [4.69, 9.17) is 4.74 Å². The second kappa shape index (κ2) is 6.43. The average molecular weight is 209 g/mol. The van der Waals surface area contributed by atoms with E-state index in [2.05, 4.69) is 11.8 Å². The van der Waals surface area contributed by atoms with Crippen LogP contribution in [0.2, 0.25) is 0 Å².